The number of nitrogens with zero attached hydrogens (tertiary/aromatic N) is 2. The zero-order valence-corrected chi connectivity index (χ0v) is 19.1. The van der Waals surface area contributed by atoms with Crippen molar-refractivity contribution in [3.05, 3.63) is 90.8 Å². The van der Waals surface area contributed by atoms with Crippen LogP contribution in [-0.2, 0) is 0 Å². The lowest BCUT2D eigenvalue weighted by Crippen LogP contribution is -1.99. The van der Waals surface area contributed by atoms with E-state index >= 15 is 0 Å². The number of halogens is 2. The topological polar surface area (TPSA) is 30.1 Å². The molecular weight excluding hydrogens is 582 g/mol. The lowest BCUT2D eigenvalue weighted by Gasteiger charge is -2.09. The van der Waals surface area contributed by atoms with Crippen LogP contribution in [0.3, 0.4) is 0 Å². The van der Waals surface area contributed by atoms with Gasteiger partial charge in [0, 0.05) is 18.4 Å². The molecule has 3 aromatic carbocycles. The first-order valence-electron chi connectivity index (χ1n) is 8.20. The zero-order valence-electron chi connectivity index (χ0n) is 14.0. The van der Waals surface area contributed by atoms with Crippen molar-refractivity contribution in [2.75, 3.05) is 0 Å². The van der Waals surface area contributed by atoms with Crippen molar-refractivity contribution in [3.63, 3.8) is 0 Å². The van der Waals surface area contributed by atoms with Crippen LogP contribution in [0.4, 0.5) is 0 Å². The summed E-state index contributed by atoms with van der Waals surface area (Å²) < 4.78 is 6.36. The van der Waals surface area contributed by atoms with E-state index in [0.717, 1.165) is 24.1 Å². The van der Waals surface area contributed by atoms with Gasteiger partial charge < -0.3 is 5.11 Å². The number of aromatic hydroxyl groups is 1. The summed E-state index contributed by atoms with van der Waals surface area (Å²) >= 11 is 10.4. The molecule has 0 radical (unpaired) electrons. The van der Waals surface area contributed by atoms with Crippen molar-refractivity contribution in [2.45, 2.75) is 0 Å². The molecule has 0 amide bonds. The number of imidazole rings is 1. The largest absolute Gasteiger partial charge is 0.493 e. The Morgan fingerprint density at radius 1 is 0.704 bits per heavy atom. The molecule has 0 aliphatic carbocycles. The van der Waals surface area contributed by atoms with Gasteiger partial charge in [-0.1, -0.05) is 42.5 Å². The van der Waals surface area contributed by atoms with Crippen LogP contribution in [0.5, 0.6) is 5.88 Å². The Labute approximate surface area is 189 Å². The van der Waals surface area contributed by atoms with Gasteiger partial charge in [0.15, 0.2) is 4.77 Å². The Kier molecular flexibility index (Phi) is 5.38. The molecule has 6 heteroatoms. The molecule has 0 saturated heterocycles. The minimum Gasteiger partial charge on any atom is -0.493 e. The molecule has 0 bridgehead atoms. The molecule has 0 fully saturated rings. The minimum absolute atomic E-state index is 0.132. The summed E-state index contributed by atoms with van der Waals surface area (Å²) in [6.45, 7) is 0. The van der Waals surface area contributed by atoms with Gasteiger partial charge in [0.05, 0.1) is 5.69 Å². The molecule has 3 nitrogen and oxygen atoms in total. The summed E-state index contributed by atoms with van der Waals surface area (Å²) in [5.41, 5.74) is 3.35. The Morgan fingerprint density at radius 3 is 1.81 bits per heavy atom. The van der Waals surface area contributed by atoms with Gasteiger partial charge in [-0.25, -0.2) is 0 Å². The van der Waals surface area contributed by atoms with Gasteiger partial charge in [-0.15, -0.1) is 0 Å². The third kappa shape index (κ3) is 3.57. The maximum atomic E-state index is 11.2. The van der Waals surface area contributed by atoms with E-state index in [4.69, 9.17) is 12.2 Å². The standard InChI is InChI=1S/C21H14I2N2OS/c22-15-8-4-10-17(12-15)24-19(14-6-2-1-3-7-14)20(26)25(21(24)27)18-11-5-9-16(23)13-18/h1-13,26H. The van der Waals surface area contributed by atoms with Crippen LogP contribution in [0.2, 0.25) is 0 Å². The van der Waals surface area contributed by atoms with Gasteiger partial charge in [-0.3, -0.25) is 9.13 Å². The van der Waals surface area contributed by atoms with Gasteiger partial charge in [0.1, 0.15) is 5.69 Å². The molecule has 27 heavy (non-hydrogen) atoms. The Bertz CT molecular complexity index is 1180. The molecule has 0 atom stereocenters. The van der Waals surface area contributed by atoms with Crippen molar-refractivity contribution in [1.29, 1.82) is 0 Å². The number of aromatic nitrogens is 2. The Balaban J connectivity index is 2.08. The summed E-state index contributed by atoms with van der Waals surface area (Å²) in [5.74, 6) is 0.132. The van der Waals surface area contributed by atoms with E-state index in [1.165, 1.54) is 0 Å². The number of hydrogen-bond acceptors (Lipinski definition) is 2. The Morgan fingerprint density at radius 2 is 1.26 bits per heavy atom. The molecular formula is C21H14I2N2OS. The first-order chi connectivity index (χ1) is 13.1. The van der Waals surface area contributed by atoms with Gasteiger partial charge >= 0.3 is 0 Å². The average Bonchev–Trinajstić information content (AvgIpc) is 2.93. The molecule has 0 aliphatic heterocycles. The van der Waals surface area contributed by atoms with Gasteiger partial charge in [-0.2, -0.15) is 0 Å². The SMILES string of the molecule is Oc1c(-c2ccccc2)n(-c2cccc(I)c2)c(=S)n1-c1cccc(I)c1. The number of hydrogen-bond donors (Lipinski definition) is 1. The molecule has 1 N–H and O–H groups in total. The highest BCUT2D eigenvalue weighted by atomic mass is 127. The fourth-order valence-electron chi connectivity index (χ4n) is 3.05. The summed E-state index contributed by atoms with van der Waals surface area (Å²) in [6.07, 6.45) is 0. The van der Waals surface area contributed by atoms with Crippen molar-refractivity contribution in [1.82, 2.24) is 9.13 Å². The predicted molar refractivity (Wildman–Crippen MR) is 128 cm³/mol. The third-order valence-electron chi connectivity index (χ3n) is 4.21. The van der Waals surface area contributed by atoms with Crippen LogP contribution < -0.4 is 0 Å². The van der Waals surface area contributed by atoms with Crippen LogP contribution in [0, 0.1) is 11.9 Å². The van der Waals surface area contributed by atoms with Gasteiger partial charge in [0.2, 0.25) is 5.88 Å². The fourth-order valence-corrected chi connectivity index (χ4v) is 4.49. The van der Waals surface area contributed by atoms with Crippen LogP contribution in [-0.4, -0.2) is 14.2 Å². The molecule has 4 rings (SSSR count). The predicted octanol–water partition coefficient (Wildman–Crippen LogP) is 6.58. The lowest BCUT2D eigenvalue weighted by molar-refractivity contribution is 0.444. The Hall–Kier alpha value is -1.65. The minimum atomic E-state index is 0.132. The second kappa shape index (κ2) is 7.76. The summed E-state index contributed by atoms with van der Waals surface area (Å²) in [5, 5.41) is 11.2. The lowest BCUT2D eigenvalue weighted by atomic mass is 10.1. The maximum Gasteiger partial charge on any atom is 0.223 e. The van der Waals surface area contributed by atoms with E-state index < -0.39 is 0 Å². The summed E-state index contributed by atoms with van der Waals surface area (Å²) in [6, 6.07) is 25.9. The molecule has 0 spiro atoms. The number of rotatable bonds is 3. The highest BCUT2D eigenvalue weighted by Gasteiger charge is 2.21. The molecule has 0 aliphatic rings. The molecule has 0 saturated carbocycles. The van der Waals surface area contributed by atoms with Crippen molar-refractivity contribution < 1.29 is 5.11 Å². The monoisotopic (exact) mass is 596 g/mol. The van der Waals surface area contributed by atoms with Crippen LogP contribution in [0.15, 0.2) is 78.9 Å². The van der Waals surface area contributed by atoms with Crippen LogP contribution in [0.1, 0.15) is 0 Å². The van der Waals surface area contributed by atoms with Gasteiger partial charge in [-0.05, 0) is 93.8 Å². The molecule has 1 heterocycles. The fraction of sp³-hybridized carbons (Fsp3) is 0. The molecule has 0 unspecified atom stereocenters. The van der Waals surface area contributed by atoms with E-state index in [9.17, 15) is 5.11 Å². The van der Waals surface area contributed by atoms with Crippen molar-refractivity contribution >= 4 is 57.4 Å². The van der Waals surface area contributed by atoms with Crippen molar-refractivity contribution in [2.24, 2.45) is 0 Å². The van der Waals surface area contributed by atoms with Crippen molar-refractivity contribution in [3.8, 4) is 28.5 Å². The van der Waals surface area contributed by atoms with E-state index in [1.54, 1.807) is 4.57 Å². The van der Waals surface area contributed by atoms with Crippen LogP contribution in [0.25, 0.3) is 22.6 Å². The second-order valence-corrected chi connectivity index (χ2v) is 8.81. The summed E-state index contributed by atoms with van der Waals surface area (Å²) in [4.78, 5) is 0. The second-order valence-electron chi connectivity index (χ2n) is 5.95. The van der Waals surface area contributed by atoms with Gasteiger partial charge in [0.25, 0.3) is 0 Å². The van der Waals surface area contributed by atoms with E-state index in [2.05, 4.69) is 51.2 Å². The molecule has 134 valence electrons. The normalized spacial score (nSPS) is 10.9. The maximum absolute atomic E-state index is 11.2. The molecule has 1 aromatic heterocycles. The smallest absolute Gasteiger partial charge is 0.223 e. The highest BCUT2D eigenvalue weighted by Crippen LogP contribution is 2.36. The summed E-state index contributed by atoms with van der Waals surface area (Å²) in [7, 11) is 0. The van der Waals surface area contributed by atoms with E-state index in [0.29, 0.717) is 10.5 Å². The average molecular weight is 596 g/mol. The first-order valence-corrected chi connectivity index (χ1v) is 10.8. The first kappa shape index (κ1) is 18.7. The highest BCUT2D eigenvalue weighted by molar-refractivity contribution is 14.1. The number of benzene rings is 3. The van der Waals surface area contributed by atoms with E-state index in [-0.39, 0.29) is 5.88 Å². The van der Waals surface area contributed by atoms with E-state index in [1.807, 2.05) is 77.4 Å². The quantitative estimate of drug-likeness (QED) is 0.214. The van der Waals surface area contributed by atoms with Crippen LogP contribution >= 0.6 is 57.4 Å². The zero-order chi connectivity index (χ0) is 19.0. The molecule has 4 aromatic rings. The third-order valence-corrected chi connectivity index (χ3v) is 5.92.